The second-order valence-electron chi connectivity index (χ2n) is 9.18. The SMILES string of the molecule is C/C(=C/S(=O)(=O)N(OC=O)C1CCN(c2ccc(-n3ccnc3CN3CCC3)cc2F)C1=O)c1ccc(Cl)s1. The van der Waals surface area contributed by atoms with Crippen LogP contribution >= 0.6 is 22.9 Å². The Kier molecular flexibility index (Phi) is 7.87. The Labute approximate surface area is 233 Å². The normalized spacial score (nSPS) is 18.6. The van der Waals surface area contributed by atoms with Crippen molar-refractivity contribution in [2.45, 2.75) is 32.4 Å². The lowest BCUT2D eigenvalue weighted by Gasteiger charge is -2.30. The topological polar surface area (TPSA) is 105 Å². The summed E-state index contributed by atoms with van der Waals surface area (Å²) in [5, 5.41) is 0.910. The van der Waals surface area contributed by atoms with Crippen LogP contribution in [0.1, 0.15) is 30.5 Å². The molecule has 4 heterocycles. The van der Waals surface area contributed by atoms with Gasteiger partial charge in [0, 0.05) is 35.6 Å². The molecule has 2 aromatic heterocycles. The number of carbonyl (C=O) groups is 2. The number of hydroxylamine groups is 1. The quantitative estimate of drug-likeness (QED) is 0.260. The van der Waals surface area contributed by atoms with E-state index in [2.05, 4.69) is 9.88 Å². The molecule has 1 amide bonds. The standard InChI is InChI=1S/C25H25ClFN5O5S2/c1-17(22-5-6-23(26)38-22)15-39(35,36)32(37-16-33)21-7-11-31(25(21)34)20-4-3-18(13-19(20)27)30-12-8-28-24(30)14-29-9-2-10-29/h3-6,8,12-13,15-16,21H,2,7,9-11,14H2,1H3/b17-15-. The molecule has 10 nitrogen and oxygen atoms in total. The van der Waals surface area contributed by atoms with Crippen molar-refractivity contribution in [1.29, 1.82) is 0 Å². The van der Waals surface area contributed by atoms with Gasteiger partial charge in [-0.2, -0.15) is 0 Å². The average molecular weight is 594 g/mol. The molecule has 0 aliphatic carbocycles. The number of rotatable bonds is 10. The number of nitrogens with zero attached hydrogens (tertiary/aromatic N) is 5. The van der Waals surface area contributed by atoms with Crippen LogP contribution in [-0.2, 0) is 31.0 Å². The fourth-order valence-electron chi connectivity index (χ4n) is 4.60. The first-order chi connectivity index (χ1) is 18.7. The van der Waals surface area contributed by atoms with Crippen LogP contribution in [-0.4, -0.2) is 65.4 Å². The number of sulfonamides is 1. The highest BCUT2D eigenvalue weighted by Crippen LogP contribution is 2.32. The van der Waals surface area contributed by atoms with Gasteiger partial charge in [-0.3, -0.25) is 14.5 Å². The van der Waals surface area contributed by atoms with E-state index in [0.717, 1.165) is 35.6 Å². The van der Waals surface area contributed by atoms with Crippen LogP contribution in [0.5, 0.6) is 0 Å². The summed E-state index contributed by atoms with van der Waals surface area (Å²) in [6.45, 7) is 4.18. The third kappa shape index (κ3) is 5.63. The molecule has 5 rings (SSSR count). The number of likely N-dealkylation sites (tertiary alicyclic amines) is 1. The Morgan fingerprint density at radius 2 is 2.08 bits per heavy atom. The molecular weight excluding hydrogens is 569 g/mol. The van der Waals surface area contributed by atoms with Gasteiger partial charge in [0.05, 0.1) is 22.0 Å². The molecule has 2 aliphatic rings. The lowest BCUT2D eigenvalue weighted by atomic mass is 10.2. The molecule has 0 spiro atoms. The zero-order chi connectivity index (χ0) is 27.7. The molecule has 1 unspecified atom stereocenters. The highest BCUT2D eigenvalue weighted by atomic mass is 35.5. The van der Waals surface area contributed by atoms with Gasteiger partial charge in [-0.15, -0.1) is 11.3 Å². The van der Waals surface area contributed by atoms with Crippen molar-refractivity contribution >= 4 is 56.6 Å². The van der Waals surface area contributed by atoms with E-state index >= 15 is 4.39 Å². The zero-order valence-corrected chi connectivity index (χ0v) is 23.3. The maximum Gasteiger partial charge on any atom is 0.314 e. The van der Waals surface area contributed by atoms with E-state index in [4.69, 9.17) is 16.4 Å². The number of benzene rings is 1. The number of amides is 1. The number of hydrogen-bond acceptors (Lipinski definition) is 8. The van der Waals surface area contributed by atoms with Crippen molar-refractivity contribution in [2.24, 2.45) is 0 Å². The fraction of sp³-hybridized carbons (Fsp3) is 0.320. The minimum Gasteiger partial charge on any atom is -0.355 e. The Hall–Kier alpha value is -3.10. The summed E-state index contributed by atoms with van der Waals surface area (Å²) < 4.78 is 44.3. The third-order valence-electron chi connectivity index (χ3n) is 6.65. The van der Waals surface area contributed by atoms with Crippen LogP contribution in [0.4, 0.5) is 10.1 Å². The van der Waals surface area contributed by atoms with Crippen LogP contribution in [0.25, 0.3) is 11.3 Å². The lowest BCUT2D eigenvalue weighted by molar-refractivity contribution is -0.160. The summed E-state index contributed by atoms with van der Waals surface area (Å²) in [4.78, 5) is 37.7. The molecule has 206 valence electrons. The fourth-order valence-corrected chi connectivity index (χ4v) is 7.08. The Balaban J connectivity index is 1.36. The highest BCUT2D eigenvalue weighted by Gasteiger charge is 2.44. The van der Waals surface area contributed by atoms with Gasteiger partial charge in [-0.25, -0.2) is 17.8 Å². The van der Waals surface area contributed by atoms with Crippen molar-refractivity contribution in [3.05, 3.63) is 69.0 Å². The van der Waals surface area contributed by atoms with Crippen LogP contribution < -0.4 is 4.90 Å². The smallest absolute Gasteiger partial charge is 0.314 e. The van der Waals surface area contributed by atoms with E-state index in [0.29, 0.717) is 31.5 Å². The molecule has 1 atom stereocenters. The Morgan fingerprint density at radius 1 is 1.28 bits per heavy atom. The molecular formula is C25H25ClFN5O5S2. The first kappa shape index (κ1) is 27.5. The van der Waals surface area contributed by atoms with E-state index in [1.165, 1.54) is 23.5 Å². The Morgan fingerprint density at radius 3 is 2.72 bits per heavy atom. The summed E-state index contributed by atoms with van der Waals surface area (Å²) in [7, 11) is -4.38. The minimum absolute atomic E-state index is 0.000871. The molecule has 3 aromatic rings. The van der Waals surface area contributed by atoms with Gasteiger partial charge in [0.1, 0.15) is 17.7 Å². The highest BCUT2D eigenvalue weighted by molar-refractivity contribution is 7.92. The number of allylic oxidation sites excluding steroid dienone is 1. The maximum atomic E-state index is 15.3. The molecule has 2 fully saturated rings. The Bertz CT molecular complexity index is 1530. The van der Waals surface area contributed by atoms with Gasteiger partial charge in [0.15, 0.2) is 0 Å². The summed E-state index contributed by atoms with van der Waals surface area (Å²) >= 11 is 7.13. The van der Waals surface area contributed by atoms with Crippen LogP contribution in [0.3, 0.4) is 0 Å². The van der Waals surface area contributed by atoms with Crippen molar-refractivity contribution in [3.8, 4) is 5.69 Å². The van der Waals surface area contributed by atoms with Crippen molar-refractivity contribution in [1.82, 2.24) is 18.9 Å². The summed E-state index contributed by atoms with van der Waals surface area (Å²) in [5.41, 5.74) is 0.901. The number of aromatic nitrogens is 2. The minimum atomic E-state index is -4.38. The average Bonchev–Trinajstić information content (AvgIpc) is 3.60. The van der Waals surface area contributed by atoms with Gasteiger partial charge >= 0.3 is 6.47 Å². The van der Waals surface area contributed by atoms with Gasteiger partial charge < -0.3 is 14.3 Å². The molecule has 0 bridgehead atoms. The second kappa shape index (κ2) is 11.2. The second-order valence-corrected chi connectivity index (χ2v) is 12.5. The first-order valence-electron chi connectivity index (χ1n) is 12.1. The van der Waals surface area contributed by atoms with E-state index in [1.54, 1.807) is 42.1 Å². The predicted octanol–water partition coefficient (Wildman–Crippen LogP) is 3.82. The number of thiophene rings is 1. The van der Waals surface area contributed by atoms with E-state index in [9.17, 15) is 18.0 Å². The van der Waals surface area contributed by atoms with Crippen molar-refractivity contribution in [2.75, 3.05) is 24.5 Å². The third-order valence-corrected chi connectivity index (χ3v) is 9.51. The molecule has 39 heavy (non-hydrogen) atoms. The molecule has 14 heteroatoms. The van der Waals surface area contributed by atoms with Gasteiger partial charge in [-0.05, 0) is 67.2 Å². The molecule has 2 aliphatic heterocycles. The zero-order valence-electron chi connectivity index (χ0n) is 20.9. The summed E-state index contributed by atoms with van der Waals surface area (Å²) in [5.74, 6) is -0.585. The van der Waals surface area contributed by atoms with Gasteiger partial charge in [-0.1, -0.05) is 11.6 Å². The van der Waals surface area contributed by atoms with Crippen molar-refractivity contribution in [3.63, 3.8) is 0 Å². The summed E-state index contributed by atoms with van der Waals surface area (Å²) in [6, 6.07) is 6.39. The number of anilines is 1. The van der Waals surface area contributed by atoms with E-state index in [1.807, 2.05) is 0 Å². The molecule has 1 aromatic carbocycles. The number of imidazole rings is 1. The number of carbonyl (C=O) groups excluding carboxylic acids is 2. The predicted molar refractivity (Wildman–Crippen MR) is 145 cm³/mol. The molecule has 0 N–H and O–H groups in total. The number of halogens is 2. The van der Waals surface area contributed by atoms with Gasteiger partial charge in [0.2, 0.25) is 5.91 Å². The van der Waals surface area contributed by atoms with E-state index < -0.39 is 27.8 Å². The first-order valence-corrected chi connectivity index (χ1v) is 14.8. The molecule has 2 saturated heterocycles. The van der Waals surface area contributed by atoms with Crippen LogP contribution in [0.15, 0.2) is 48.1 Å². The molecule has 0 radical (unpaired) electrons. The van der Waals surface area contributed by atoms with Gasteiger partial charge in [0.25, 0.3) is 10.0 Å². The molecule has 0 saturated carbocycles. The maximum absolute atomic E-state index is 15.3. The monoisotopic (exact) mass is 593 g/mol. The summed E-state index contributed by atoms with van der Waals surface area (Å²) in [6.07, 6.45) is 4.54. The van der Waals surface area contributed by atoms with Crippen LogP contribution in [0.2, 0.25) is 4.34 Å². The largest absolute Gasteiger partial charge is 0.355 e. The van der Waals surface area contributed by atoms with E-state index in [-0.39, 0.29) is 25.1 Å². The number of hydrogen-bond donors (Lipinski definition) is 0. The van der Waals surface area contributed by atoms with Crippen molar-refractivity contribution < 1.29 is 27.2 Å². The van der Waals surface area contributed by atoms with Crippen LogP contribution in [0, 0.1) is 5.82 Å². The lowest BCUT2D eigenvalue weighted by Crippen LogP contribution is -2.44.